The number of H-pyrrole nitrogens is 1. The highest BCUT2D eigenvalue weighted by Crippen LogP contribution is 2.40. The average Bonchev–Trinajstić information content (AvgIpc) is 3.58. The maximum absolute atomic E-state index is 12.0. The summed E-state index contributed by atoms with van der Waals surface area (Å²) < 4.78 is 3.30. The van der Waals surface area contributed by atoms with Crippen LogP contribution >= 0.6 is 11.3 Å². The number of nitrogen functional groups attached to an aromatic ring is 1. The van der Waals surface area contributed by atoms with Crippen molar-refractivity contribution in [3.05, 3.63) is 61.1 Å². The summed E-state index contributed by atoms with van der Waals surface area (Å²) in [6.45, 7) is 2.47. The number of aromatic nitrogens is 5. The van der Waals surface area contributed by atoms with Crippen LogP contribution in [-0.4, -0.2) is 30.5 Å². The largest absolute Gasteiger partial charge is 0.368 e. The second kappa shape index (κ2) is 8.07. The lowest BCUT2D eigenvalue weighted by atomic mass is 10.0. The molecule has 3 N–H and O–H groups in total. The van der Waals surface area contributed by atoms with Gasteiger partial charge in [0.05, 0.1) is 23.4 Å². The molecule has 0 spiro atoms. The van der Waals surface area contributed by atoms with E-state index in [4.69, 9.17) is 5.73 Å². The molecule has 8 heteroatoms. The van der Waals surface area contributed by atoms with Gasteiger partial charge >= 0.3 is 0 Å². The van der Waals surface area contributed by atoms with E-state index in [1.807, 2.05) is 13.1 Å². The Morgan fingerprint density at radius 3 is 2.85 bits per heavy atom. The number of hydrogen-bond donors (Lipinski definition) is 2. The first kappa shape index (κ1) is 20.6. The van der Waals surface area contributed by atoms with Gasteiger partial charge in [-0.2, -0.15) is 5.10 Å². The van der Waals surface area contributed by atoms with Crippen molar-refractivity contribution >= 4 is 55.1 Å². The fourth-order valence-corrected chi connectivity index (χ4v) is 5.51. The number of thiophene rings is 1. The number of fused-ring (bicyclic) bond motifs is 3. The minimum atomic E-state index is 0.227. The molecule has 0 unspecified atom stereocenters. The Morgan fingerprint density at radius 1 is 1.12 bits per heavy atom. The first-order valence-electron chi connectivity index (χ1n) is 11.2. The number of ketones is 1. The summed E-state index contributed by atoms with van der Waals surface area (Å²) in [4.78, 5) is 21.9. The predicted molar refractivity (Wildman–Crippen MR) is 138 cm³/mol. The molecular weight excluding hydrogens is 444 g/mol. The van der Waals surface area contributed by atoms with Gasteiger partial charge in [-0.1, -0.05) is 25.1 Å². The van der Waals surface area contributed by atoms with Crippen LogP contribution in [0.15, 0.2) is 61.1 Å². The molecule has 2 aromatic carbocycles. The fraction of sp³-hybridized carbons (Fsp3) is 0.154. The van der Waals surface area contributed by atoms with Crippen molar-refractivity contribution in [2.75, 3.05) is 5.73 Å². The number of Topliss-reactive ketones (excluding diaryl/α,β-unsaturated/α-hetero) is 1. The van der Waals surface area contributed by atoms with Crippen molar-refractivity contribution in [1.29, 1.82) is 0 Å². The van der Waals surface area contributed by atoms with Gasteiger partial charge in [0.1, 0.15) is 11.3 Å². The number of aryl methyl sites for hydroxylation is 1. The number of hydrogen-bond acceptors (Lipinski definition) is 6. The van der Waals surface area contributed by atoms with Crippen molar-refractivity contribution in [2.24, 2.45) is 0 Å². The molecule has 0 aliphatic carbocycles. The second-order valence-electron chi connectivity index (χ2n) is 8.35. The van der Waals surface area contributed by atoms with Crippen molar-refractivity contribution in [3.8, 4) is 21.6 Å². The van der Waals surface area contributed by atoms with Crippen molar-refractivity contribution < 1.29 is 4.79 Å². The number of benzene rings is 2. The quantitative estimate of drug-likeness (QED) is 0.323. The maximum Gasteiger partial charge on any atom is 0.220 e. The fourth-order valence-electron chi connectivity index (χ4n) is 4.42. The van der Waals surface area contributed by atoms with Gasteiger partial charge in [0.15, 0.2) is 0 Å². The van der Waals surface area contributed by atoms with E-state index in [9.17, 15) is 4.79 Å². The molecule has 0 saturated heterocycles. The van der Waals surface area contributed by atoms with Gasteiger partial charge in [0.2, 0.25) is 5.95 Å². The van der Waals surface area contributed by atoms with Gasteiger partial charge in [-0.15, -0.1) is 11.3 Å². The smallest absolute Gasteiger partial charge is 0.220 e. The zero-order chi connectivity index (χ0) is 23.2. The van der Waals surface area contributed by atoms with Crippen LogP contribution in [0.3, 0.4) is 0 Å². The maximum atomic E-state index is 12.0. The minimum absolute atomic E-state index is 0.227. The van der Waals surface area contributed by atoms with E-state index < -0.39 is 0 Å². The van der Waals surface area contributed by atoms with E-state index >= 15 is 0 Å². The molecule has 4 aromatic heterocycles. The van der Waals surface area contributed by atoms with E-state index in [2.05, 4.69) is 73.4 Å². The molecule has 0 aliphatic rings. The zero-order valence-corrected chi connectivity index (χ0v) is 19.4. The standard InChI is InChI=1S/C26H22N6OS/c1-2-18(33)7-8-32-14-20(25-21(32)13-28-26(27)30-25)16-9-17-12-29-31-24(17)19(10-16)23-11-15-5-3-4-6-22(15)34-23/h3-6,9-14H,2,7-8H2,1H3,(H,29,31)(H2,27,28,30). The summed E-state index contributed by atoms with van der Waals surface area (Å²) >= 11 is 1.76. The summed E-state index contributed by atoms with van der Waals surface area (Å²) in [6.07, 6.45) is 6.64. The molecule has 0 amide bonds. The molecule has 0 fully saturated rings. The molecule has 0 atom stereocenters. The third-order valence-electron chi connectivity index (χ3n) is 6.21. The van der Waals surface area contributed by atoms with Gasteiger partial charge in [-0.25, -0.2) is 9.97 Å². The molecule has 0 bridgehead atoms. The number of nitrogens with zero attached hydrogens (tertiary/aromatic N) is 4. The topological polar surface area (TPSA) is 102 Å². The number of carbonyl (C=O) groups excluding carboxylic acids is 1. The Hall–Kier alpha value is -4.04. The molecule has 0 aliphatic heterocycles. The Labute approximate surface area is 199 Å². The van der Waals surface area contributed by atoms with Gasteiger partial charge < -0.3 is 10.3 Å². The third kappa shape index (κ3) is 3.43. The SMILES string of the molecule is CCC(=O)CCn1cc(-c2cc(-c3cc4ccccc4s3)c3[nH]ncc3c2)c2nc(N)ncc21. The third-order valence-corrected chi connectivity index (χ3v) is 7.36. The Balaban J connectivity index is 1.55. The number of nitrogens with one attached hydrogen (secondary N) is 1. The van der Waals surface area contributed by atoms with Crippen LogP contribution in [0, 0.1) is 0 Å². The van der Waals surface area contributed by atoms with Crippen molar-refractivity contribution in [3.63, 3.8) is 0 Å². The monoisotopic (exact) mass is 466 g/mol. The highest BCUT2D eigenvalue weighted by atomic mass is 32.1. The summed E-state index contributed by atoms with van der Waals surface area (Å²) in [7, 11) is 0. The van der Waals surface area contributed by atoms with E-state index in [0.29, 0.717) is 19.4 Å². The van der Waals surface area contributed by atoms with Crippen LogP contribution in [0.4, 0.5) is 5.95 Å². The Kier molecular flexibility index (Phi) is 4.88. The van der Waals surface area contributed by atoms with Crippen LogP contribution in [0.1, 0.15) is 19.8 Å². The van der Waals surface area contributed by atoms with Gasteiger partial charge in [-0.05, 0) is 35.2 Å². The second-order valence-corrected chi connectivity index (χ2v) is 9.43. The molecule has 0 radical (unpaired) electrons. The molecule has 6 aromatic rings. The Bertz CT molecular complexity index is 1660. The summed E-state index contributed by atoms with van der Waals surface area (Å²) in [5.41, 5.74) is 11.7. The molecular formula is C26H22N6OS. The number of aromatic amines is 1. The van der Waals surface area contributed by atoms with Gasteiger partial charge in [0.25, 0.3) is 0 Å². The van der Waals surface area contributed by atoms with E-state index in [-0.39, 0.29) is 11.7 Å². The van der Waals surface area contributed by atoms with Crippen LogP contribution in [0.2, 0.25) is 0 Å². The lowest BCUT2D eigenvalue weighted by molar-refractivity contribution is -0.118. The van der Waals surface area contributed by atoms with E-state index in [0.717, 1.165) is 38.6 Å². The zero-order valence-electron chi connectivity index (χ0n) is 18.6. The molecule has 34 heavy (non-hydrogen) atoms. The summed E-state index contributed by atoms with van der Waals surface area (Å²) in [5.74, 6) is 0.455. The normalized spacial score (nSPS) is 11.7. The molecule has 4 heterocycles. The first-order valence-corrected chi connectivity index (χ1v) is 12.0. The van der Waals surface area contributed by atoms with E-state index in [1.54, 1.807) is 17.5 Å². The van der Waals surface area contributed by atoms with Crippen molar-refractivity contribution in [1.82, 2.24) is 24.7 Å². The van der Waals surface area contributed by atoms with Gasteiger partial charge in [0, 0.05) is 51.7 Å². The van der Waals surface area contributed by atoms with Crippen LogP contribution in [0.25, 0.3) is 53.6 Å². The number of rotatable bonds is 6. The molecule has 6 rings (SSSR count). The van der Waals surface area contributed by atoms with Crippen molar-refractivity contribution in [2.45, 2.75) is 26.3 Å². The van der Waals surface area contributed by atoms with E-state index in [1.165, 1.54) is 15.0 Å². The minimum Gasteiger partial charge on any atom is -0.368 e. The average molecular weight is 467 g/mol. The van der Waals surface area contributed by atoms with Crippen LogP contribution in [0.5, 0.6) is 0 Å². The number of carbonyl (C=O) groups is 1. The lowest BCUT2D eigenvalue weighted by Gasteiger charge is -2.06. The van der Waals surface area contributed by atoms with Crippen LogP contribution in [-0.2, 0) is 11.3 Å². The molecule has 0 saturated carbocycles. The molecule has 168 valence electrons. The molecule has 7 nitrogen and oxygen atoms in total. The Morgan fingerprint density at radius 2 is 2.00 bits per heavy atom. The highest BCUT2D eigenvalue weighted by Gasteiger charge is 2.17. The number of anilines is 1. The highest BCUT2D eigenvalue weighted by molar-refractivity contribution is 7.22. The van der Waals surface area contributed by atoms with Gasteiger partial charge in [-0.3, -0.25) is 9.89 Å². The first-order chi connectivity index (χ1) is 16.6. The summed E-state index contributed by atoms with van der Waals surface area (Å²) in [6, 6.07) is 14.9. The summed E-state index contributed by atoms with van der Waals surface area (Å²) in [5, 5.41) is 9.72. The number of nitrogens with two attached hydrogens (primary N) is 1. The van der Waals surface area contributed by atoms with Crippen LogP contribution < -0.4 is 5.73 Å². The lowest BCUT2D eigenvalue weighted by Crippen LogP contribution is -2.04. The predicted octanol–water partition coefficient (Wildman–Crippen LogP) is 5.81.